The lowest BCUT2D eigenvalue weighted by molar-refractivity contribution is -0.142. The molecule has 0 aliphatic heterocycles. The lowest BCUT2D eigenvalue weighted by atomic mass is 10.1. The molecule has 0 saturated carbocycles. The van der Waals surface area contributed by atoms with Crippen molar-refractivity contribution in [1.29, 1.82) is 0 Å². The predicted octanol–water partition coefficient (Wildman–Crippen LogP) is 0.507. The highest BCUT2D eigenvalue weighted by molar-refractivity contribution is 5.78. The zero-order chi connectivity index (χ0) is 12.7. The molecule has 5 heteroatoms. The van der Waals surface area contributed by atoms with Crippen molar-refractivity contribution < 1.29 is 14.7 Å². The summed E-state index contributed by atoms with van der Waals surface area (Å²) in [4.78, 5) is 25.8. The Morgan fingerprint density at radius 3 is 2.19 bits per heavy atom. The van der Waals surface area contributed by atoms with Crippen LogP contribution < -0.4 is 0 Å². The van der Waals surface area contributed by atoms with Crippen molar-refractivity contribution in [3.05, 3.63) is 0 Å². The molecule has 0 aromatic carbocycles. The summed E-state index contributed by atoms with van der Waals surface area (Å²) in [5.41, 5.74) is 0. The van der Waals surface area contributed by atoms with E-state index in [9.17, 15) is 9.59 Å². The van der Waals surface area contributed by atoms with Crippen LogP contribution in [0.2, 0.25) is 0 Å². The maximum atomic E-state index is 11.6. The first-order valence-corrected chi connectivity index (χ1v) is 5.61. The summed E-state index contributed by atoms with van der Waals surface area (Å²) >= 11 is 0. The summed E-state index contributed by atoms with van der Waals surface area (Å²) in [5.74, 6) is -1.24. The quantitative estimate of drug-likeness (QED) is 0.692. The first-order chi connectivity index (χ1) is 7.42. The Morgan fingerprint density at radius 1 is 1.25 bits per heavy atom. The Balaban J connectivity index is 4.20. The number of carbonyl (C=O) groups excluding carboxylic acids is 1. The Labute approximate surface area is 97.0 Å². The minimum absolute atomic E-state index is 0.0296. The molecule has 1 unspecified atom stereocenters. The van der Waals surface area contributed by atoms with Crippen LogP contribution >= 0.6 is 0 Å². The Bertz CT molecular complexity index is 243. The second kappa shape index (κ2) is 7.22. The molecule has 94 valence electrons. The molecule has 0 aromatic heterocycles. The maximum Gasteiger partial charge on any atom is 0.307 e. The SMILES string of the molecule is CCN(CC(=O)N(C)CC)CC(C)C(=O)O. The lowest BCUT2D eigenvalue weighted by Crippen LogP contribution is -2.41. The molecule has 0 fully saturated rings. The van der Waals surface area contributed by atoms with Crippen molar-refractivity contribution in [2.45, 2.75) is 20.8 Å². The van der Waals surface area contributed by atoms with Crippen molar-refractivity contribution >= 4 is 11.9 Å². The van der Waals surface area contributed by atoms with Crippen LogP contribution in [0, 0.1) is 5.92 Å². The third kappa shape index (κ3) is 5.11. The molecule has 0 saturated heterocycles. The minimum Gasteiger partial charge on any atom is -0.481 e. The highest BCUT2D eigenvalue weighted by Crippen LogP contribution is 2.01. The van der Waals surface area contributed by atoms with E-state index in [0.29, 0.717) is 26.2 Å². The van der Waals surface area contributed by atoms with Crippen molar-refractivity contribution in [3.63, 3.8) is 0 Å². The zero-order valence-electron chi connectivity index (χ0n) is 10.6. The number of hydrogen-bond acceptors (Lipinski definition) is 3. The number of rotatable bonds is 7. The van der Waals surface area contributed by atoms with Gasteiger partial charge in [-0.1, -0.05) is 13.8 Å². The molecule has 0 aliphatic carbocycles. The lowest BCUT2D eigenvalue weighted by Gasteiger charge is -2.24. The van der Waals surface area contributed by atoms with E-state index in [4.69, 9.17) is 5.11 Å². The van der Waals surface area contributed by atoms with Gasteiger partial charge >= 0.3 is 5.97 Å². The number of carbonyl (C=O) groups is 2. The monoisotopic (exact) mass is 230 g/mol. The van der Waals surface area contributed by atoms with E-state index >= 15 is 0 Å². The van der Waals surface area contributed by atoms with Gasteiger partial charge in [0.05, 0.1) is 12.5 Å². The molecule has 0 bridgehead atoms. The first kappa shape index (κ1) is 14.9. The first-order valence-electron chi connectivity index (χ1n) is 5.61. The van der Waals surface area contributed by atoms with Crippen LogP contribution in [0.1, 0.15) is 20.8 Å². The highest BCUT2D eigenvalue weighted by atomic mass is 16.4. The number of nitrogens with zero attached hydrogens (tertiary/aromatic N) is 2. The topological polar surface area (TPSA) is 60.9 Å². The molecule has 0 aromatic rings. The predicted molar refractivity (Wildman–Crippen MR) is 62.2 cm³/mol. The summed E-state index contributed by atoms with van der Waals surface area (Å²) < 4.78 is 0. The van der Waals surface area contributed by atoms with Crippen molar-refractivity contribution in [3.8, 4) is 0 Å². The number of carboxylic acid groups (broad SMARTS) is 1. The number of amides is 1. The van der Waals surface area contributed by atoms with Gasteiger partial charge in [-0.2, -0.15) is 0 Å². The molecule has 16 heavy (non-hydrogen) atoms. The Morgan fingerprint density at radius 2 is 1.81 bits per heavy atom. The smallest absolute Gasteiger partial charge is 0.307 e. The van der Waals surface area contributed by atoms with Crippen molar-refractivity contribution in [2.75, 3.05) is 33.2 Å². The van der Waals surface area contributed by atoms with E-state index in [1.807, 2.05) is 18.7 Å². The van der Waals surface area contributed by atoms with E-state index in [1.54, 1.807) is 18.9 Å². The van der Waals surface area contributed by atoms with Gasteiger partial charge in [0, 0.05) is 20.1 Å². The van der Waals surface area contributed by atoms with E-state index in [2.05, 4.69) is 0 Å². The third-order valence-electron chi connectivity index (χ3n) is 2.66. The normalized spacial score (nSPS) is 12.6. The van der Waals surface area contributed by atoms with E-state index in [1.165, 1.54) is 0 Å². The van der Waals surface area contributed by atoms with Gasteiger partial charge in [-0.3, -0.25) is 14.5 Å². The average molecular weight is 230 g/mol. The number of hydrogen-bond donors (Lipinski definition) is 1. The number of aliphatic carboxylic acids is 1. The van der Waals surface area contributed by atoms with Crippen LogP contribution in [0.15, 0.2) is 0 Å². The van der Waals surface area contributed by atoms with E-state index < -0.39 is 11.9 Å². The maximum absolute atomic E-state index is 11.6. The fourth-order valence-corrected chi connectivity index (χ4v) is 1.26. The van der Waals surface area contributed by atoms with E-state index in [0.717, 1.165) is 0 Å². The summed E-state index contributed by atoms with van der Waals surface area (Å²) in [6.07, 6.45) is 0. The van der Waals surface area contributed by atoms with Crippen LogP contribution in [0.3, 0.4) is 0 Å². The molecule has 0 heterocycles. The molecule has 0 spiro atoms. The van der Waals surface area contributed by atoms with Gasteiger partial charge in [0.2, 0.25) is 5.91 Å². The van der Waals surface area contributed by atoms with Crippen LogP contribution in [-0.4, -0.2) is 60.0 Å². The molecule has 1 atom stereocenters. The number of likely N-dealkylation sites (N-methyl/N-ethyl adjacent to an activating group) is 2. The average Bonchev–Trinajstić information content (AvgIpc) is 2.26. The van der Waals surface area contributed by atoms with Crippen LogP contribution in [0.25, 0.3) is 0 Å². The standard InChI is InChI=1S/C11H22N2O3/c1-5-12(4)10(14)8-13(6-2)7-9(3)11(15)16/h9H,5-8H2,1-4H3,(H,15,16). The van der Waals surface area contributed by atoms with Gasteiger partial charge in [-0.05, 0) is 13.5 Å². The molecular weight excluding hydrogens is 208 g/mol. The molecule has 5 nitrogen and oxygen atoms in total. The van der Waals surface area contributed by atoms with Gasteiger partial charge in [0.15, 0.2) is 0 Å². The molecule has 0 aliphatic rings. The van der Waals surface area contributed by atoms with Gasteiger partial charge < -0.3 is 10.0 Å². The van der Waals surface area contributed by atoms with Crippen molar-refractivity contribution in [2.24, 2.45) is 5.92 Å². The fourth-order valence-electron chi connectivity index (χ4n) is 1.26. The Hall–Kier alpha value is -1.10. The molecule has 1 amide bonds. The fraction of sp³-hybridized carbons (Fsp3) is 0.818. The largest absolute Gasteiger partial charge is 0.481 e. The highest BCUT2D eigenvalue weighted by Gasteiger charge is 2.18. The Kier molecular flexibility index (Phi) is 6.72. The summed E-state index contributed by atoms with van der Waals surface area (Å²) in [5, 5.41) is 8.79. The summed E-state index contributed by atoms with van der Waals surface area (Å²) in [6.45, 7) is 7.54. The second-order valence-corrected chi connectivity index (χ2v) is 3.97. The molecule has 1 N–H and O–H groups in total. The van der Waals surface area contributed by atoms with Crippen molar-refractivity contribution in [1.82, 2.24) is 9.80 Å². The van der Waals surface area contributed by atoms with Crippen LogP contribution in [-0.2, 0) is 9.59 Å². The van der Waals surface area contributed by atoms with Gasteiger partial charge in [0.25, 0.3) is 0 Å². The van der Waals surface area contributed by atoms with E-state index in [-0.39, 0.29) is 5.91 Å². The van der Waals surface area contributed by atoms with Gasteiger partial charge in [-0.25, -0.2) is 0 Å². The summed E-state index contributed by atoms with van der Waals surface area (Å²) in [7, 11) is 1.75. The van der Waals surface area contributed by atoms with Crippen LogP contribution in [0.5, 0.6) is 0 Å². The minimum atomic E-state index is -0.824. The summed E-state index contributed by atoms with van der Waals surface area (Å²) in [6, 6.07) is 0. The molecular formula is C11H22N2O3. The van der Waals surface area contributed by atoms with Crippen LogP contribution in [0.4, 0.5) is 0 Å². The molecule has 0 rings (SSSR count). The number of carboxylic acids is 1. The van der Waals surface area contributed by atoms with Gasteiger partial charge in [0.1, 0.15) is 0 Å². The second-order valence-electron chi connectivity index (χ2n) is 3.97. The zero-order valence-corrected chi connectivity index (χ0v) is 10.6. The molecule has 0 radical (unpaired) electrons. The third-order valence-corrected chi connectivity index (χ3v) is 2.66. The van der Waals surface area contributed by atoms with Gasteiger partial charge in [-0.15, -0.1) is 0 Å².